The number of thiazole rings is 1. The van der Waals surface area contributed by atoms with Gasteiger partial charge in [-0.3, -0.25) is 9.79 Å². The summed E-state index contributed by atoms with van der Waals surface area (Å²) in [6.45, 7) is 9.85. The van der Waals surface area contributed by atoms with Gasteiger partial charge in [0.1, 0.15) is 5.69 Å². The number of amides is 1. The molecule has 0 radical (unpaired) electrons. The van der Waals surface area contributed by atoms with Crippen molar-refractivity contribution in [3.8, 4) is 10.4 Å². The molecule has 1 aliphatic heterocycles. The molecule has 0 spiro atoms. The van der Waals surface area contributed by atoms with E-state index in [2.05, 4.69) is 57.2 Å². The lowest BCUT2D eigenvalue weighted by Gasteiger charge is -2.23. The minimum Gasteiger partial charge on any atom is -0.337 e. The molecule has 0 bridgehead atoms. The Morgan fingerprint density at radius 3 is 2.73 bits per heavy atom. The molecule has 4 nitrogen and oxygen atoms in total. The lowest BCUT2D eigenvalue weighted by Crippen LogP contribution is -2.34. The van der Waals surface area contributed by atoms with Gasteiger partial charge in [0, 0.05) is 30.8 Å². The van der Waals surface area contributed by atoms with Crippen molar-refractivity contribution in [2.75, 3.05) is 13.1 Å². The van der Waals surface area contributed by atoms with Gasteiger partial charge in [0.15, 0.2) is 0 Å². The Morgan fingerprint density at radius 1 is 1.15 bits per heavy atom. The quantitative estimate of drug-likeness (QED) is 0.471. The molecule has 1 aromatic carbocycles. The summed E-state index contributed by atoms with van der Waals surface area (Å²) in [6, 6.07) is 6.43. The Labute approximate surface area is 200 Å². The number of allylic oxidation sites excluding steroid dienone is 5. The van der Waals surface area contributed by atoms with E-state index >= 15 is 0 Å². The van der Waals surface area contributed by atoms with Gasteiger partial charge < -0.3 is 4.90 Å². The first-order chi connectivity index (χ1) is 15.9. The van der Waals surface area contributed by atoms with Gasteiger partial charge in [-0.1, -0.05) is 36.4 Å². The number of benzene rings is 1. The van der Waals surface area contributed by atoms with Crippen LogP contribution < -0.4 is 0 Å². The number of aryl methyl sites for hydroxylation is 3. The summed E-state index contributed by atoms with van der Waals surface area (Å²) in [7, 11) is 0. The van der Waals surface area contributed by atoms with Crippen LogP contribution in [0.15, 0.2) is 58.3 Å². The second-order valence-electron chi connectivity index (χ2n) is 9.49. The summed E-state index contributed by atoms with van der Waals surface area (Å²) in [6.07, 6.45) is 10.6. The van der Waals surface area contributed by atoms with Gasteiger partial charge in [0.2, 0.25) is 0 Å². The molecule has 0 saturated heterocycles. The van der Waals surface area contributed by atoms with E-state index in [1.54, 1.807) is 11.3 Å². The zero-order valence-corrected chi connectivity index (χ0v) is 20.8. The Bertz CT molecular complexity index is 1240. The minimum atomic E-state index is 0.0642. The lowest BCUT2D eigenvalue weighted by molar-refractivity contribution is 0.0745. The molecule has 1 aromatic heterocycles. The van der Waals surface area contributed by atoms with Gasteiger partial charge in [-0.05, 0) is 75.1 Å². The van der Waals surface area contributed by atoms with Crippen molar-refractivity contribution in [2.24, 2.45) is 10.9 Å². The predicted molar refractivity (Wildman–Crippen MR) is 137 cm³/mol. The fourth-order valence-electron chi connectivity index (χ4n) is 4.65. The average molecular weight is 458 g/mol. The molecular weight excluding hydrogens is 426 g/mol. The van der Waals surface area contributed by atoms with Gasteiger partial charge >= 0.3 is 0 Å². The van der Waals surface area contributed by atoms with Crippen molar-refractivity contribution in [1.82, 2.24) is 9.88 Å². The zero-order valence-electron chi connectivity index (χ0n) is 19.9. The van der Waals surface area contributed by atoms with E-state index in [4.69, 9.17) is 9.98 Å². The summed E-state index contributed by atoms with van der Waals surface area (Å²) >= 11 is 1.62. The van der Waals surface area contributed by atoms with Gasteiger partial charge in [-0.15, -0.1) is 11.3 Å². The van der Waals surface area contributed by atoms with Gasteiger partial charge in [0.05, 0.1) is 15.6 Å². The lowest BCUT2D eigenvalue weighted by atomic mass is 9.94. The molecule has 0 atom stereocenters. The van der Waals surface area contributed by atoms with Crippen LogP contribution in [0.25, 0.3) is 10.4 Å². The smallest absolute Gasteiger partial charge is 0.274 e. The third-order valence-electron chi connectivity index (χ3n) is 6.89. The molecule has 33 heavy (non-hydrogen) atoms. The number of rotatable bonds is 7. The van der Waals surface area contributed by atoms with Crippen LogP contribution in [0.4, 0.5) is 0 Å². The monoisotopic (exact) mass is 457 g/mol. The Kier molecular flexibility index (Phi) is 5.92. The van der Waals surface area contributed by atoms with Crippen molar-refractivity contribution in [3.63, 3.8) is 0 Å². The van der Waals surface area contributed by atoms with Crippen LogP contribution >= 0.6 is 11.3 Å². The van der Waals surface area contributed by atoms with E-state index in [0.29, 0.717) is 18.2 Å². The highest BCUT2D eigenvalue weighted by Crippen LogP contribution is 2.36. The number of carbonyl (C=O) groups excluding carboxylic acids is 1. The van der Waals surface area contributed by atoms with Crippen LogP contribution in [0.2, 0.25) is 0 Å². The van der Waals surface area contributed by atoms with E-state index < -0.39 is 0 Å². The maximum Gasteiger partial charge on any atom is 0.274 e. The summed E-state index contributed by atoms with van der Waals surface area (Å²) in [5.74, 6) is 0.690. The highest BCUT2D eigenvalue weighted by Gasteiger charge is 2.31. The molecule has 0 N–H and O–H groups in total. The summed E-state index contributed by atoms with van der Waals surface area (Å²) < 4.78 is 0. The largest absolute Gasteiger partial charge is 0.337 e. The highest BCUT2D eigenvalue weighted by molar-refractivity contribution is 7.15. The molecule has 1 amide bonds. The summed E-state index contributed by atoms with van der Waals surface area (Å²) in [5, 5.41) is 0.935. The average Bonchev–Trinajstić information content (AvgIpc) is 3.45. The number of nitrogens with zero attached hydrogens (tertiary/aromatic N) is 3. The molecule has 2 aromatic rings. The van der Waals surface area contributed by atoms with Crippen LogP contribution in [0.5, 0.6) is 0 Å². The van der Waals surface area contributed by atoms with Crippen molar-refractivity contribution < 1.29 is 4.79 Å². The van der Waals surface area contributed by atoms with E-state index in [1.165, 1.54) is 35.1 Å². The summed E-state index contributed by atoms with van der Waals surface area (Å²) in [5.41, 5.74) is 9.00. The maximum atomic E-state index is 13.8. The molecule has 170 valence electrons. The Hall–Kier alpha value is -2.79. The van der Waals surface area contributed by atoms with Crippen molar-refractivity contribution >= 4 is 23.0 Å². The molecule has 2 aliphatic carbocycles. The number of hydrogen-bond acceptors (Lipinski definition) is 4. The molecule has 0 unspecified atom stereocenters. The SMILES string of the molecule is CC1=C(CCN(CC2CC2)C(=O)c2nc(C)sc2-c2ccc(C)c(C)c2)C2=CC=CCC2=N1. The molecule has 5 heteroatoms. The second kappa shape index (κ2) is 8.86. The molecule has 3 aliphatic rings. The third kappa shape index (κ3) is 4.51. The second-order valence-corrected chi connectivity index (χ2v) is 10.7. The fraction of sp³-hybridized carbons (Fsp3) is 0.393. The molecule has 5 rings (SSSR count). The fourth-order valence-corrected chi connectivity index (χ4v) is 5.55. The molecule has 1 saturated carbocycles. The summed E-state index contributed by atoms with van der Waals surface area (Å²) in [4.78, 5) is 26.4. The first-order valence-electron chi connectivity index (χ1n) is 11.9. The first kappa shape index (κ1) is 22.0. The number of carbonyl (C=O) groups is 1. The van der Waals surface area contributed by atoms with E-state index in [1.807, 2.05) is 11.8 Å². The van der Waals surface area contributed by atoms with Crippen molar-refractivity contribution in [1.29, 1.82) is 0 Å². The van der Waals surface area contributed by atoms with Crippen LogP contribution in [0, 0.1) is 26.7 Å². The van der Waals surface area contributed by atoms with Gasteiger partial charge in [0.25, 0.3) is 5.91 Å². The molecule has 1 fully saturated rings. The van der Waals surface area contributed by atoms with E-state index in [-0.39, 0.29) is 5.91 Å². The number of hydrogen-bond donors (Lipinski definition) is 0. The zero-order chi connectivity index (χ0) is 23.1. The molecular formula is C28H31N3OS. The van der Waals surface area contributed by atoms with E-state index in [0.717, 1.165) is 46.2 Å². The minimum absolute atomic E-state index is 0.0642. The topological polar surface area (TPSA) is 45.6 Å². The maximum absolute atomic E-state index is 13.8. The number of aliphatic imine (C=N–C) groups is 1. The standard InChI is InChI=1S/C28H31N3OS/c1-17-9-12-22(15-18(17)2)27-26(30-20(4)33-27)28(32)31(16-21-10-11-21)14-13-23-19(3)29-25-8-6-5-7-24(23)25/h5-7,9,12,15,21H,8,10-11,13-14,16H2,1-4H3. The van der Waals surface area contributed by atoms with Crippen LogP contribution in [-0.2, 0) is 0 Å². The third-order valence-corrected chi connectivity index (χ3v) is 7.91. The highest BCUT2D eigenvalue weighted by atomic mass is 32.1. The van der Waals surface area contributed by atoms with Crippen molar-refractivity contribution in [3.05, 3.63) is 75.1 Å². The Balaban J connectivity index is 1.40. The van der Waals surface area contributed by atoms with Gasteiger partial charge in [-0.25, -0.2) is 4.98 Å². The normalized spacial score (nSPS) is 17.2. The van der Waals surface area contributed by atoms with Gasteiger partial charge in [-0.2, -0.15) is 0 Å². The van der Waals surface area contributed by atoms with Crippen molar-refractivity contribution in [2.45, 2.75) is 53.4 Å². The Morgan fingerprint density at radius 2 is 1.97 bits per heavy atom. The number of fused-ring (bicyclic) bond motifs is 1. The number of aromatic nitrogens is 1. The van der Waals surface area contributed by atoms with E-state index in [9.17, 15) is 4.79 Å². The van der Waals surface area contributed by atoms with Crippen LogP contribution in [0.1, 0.15) is 59.2 Å². The molecule has 2 heterocycles. The predicted octanol–water partition coefficient (Wildman–Crippen LogP) is 6.59. The van der Waals surface area contributed by atoms with Crippen LogP contribution in [0.3, 0.4) is 0 Å². The first-order valence-corrected chi connectivity index (χ1v) is 12.7. The van der Waals surface area contributed by atoms with Crippen LogP contribution in [-0.4, -0.2) is 34.6 Å².